The highest BCUT2D eigenvalue weighted by molar-refractivity contribution is 7.47. The molecular formula is C81H132O17P2. The van der Waals surface area contributed by atoms with Gasteiger partial charge in [-0.15, -0.1) is 0 Å². The zero-order valence-corrected chi connectivity index (χ0v) is 63.6. The Morgan fingerprint density at radius 1 is 0.300 bits per heavy atom. The molecule has 0 saturated heterocycles. The second-order valence-electron chi connectivity index (χ2n) is 24.5. The van der Waals surface area contributed by atoms with Gasteiger partial charge in [0.15, 0.2) is 12.2 Å². The van der Waals surface area contributed by atoms with Crippen LogP contribution in [0.5, 0.6) is 0 Å². The Morgan fingerprint density at radius 2 is 0.580 bits per heavy atom. The van der Waals surface area contributed by atoms with E-state index in [2.05, 4.69) is 161 Å². The number of carbonyl (C=O) groups is 4. The van der Waals surface area contributed by atoms with Gasteiger partial charge in [0.05, 0.1) is 32.8 Å². The zero-order valence-electron chi connectivity index (χ0n) is 61.8. The van der Waals surface area contributed by atoms with E-state index in [9.17, 15) is 43.2 Å². The average Bonchev–Trinajstić information content (AvgIpc) is 0.937. The molecule has 0 aliphatic heterocycles. The third-order valence-electron chi connectivity index (χ3n) is 15.0. The molecule has 0 aliphatic rings. The quantitative estimate of drug-likeness (QED) is 0.0169. The highest BCUT2D eigenvalue weighted by Crippen LogP contribution is 2.45. The van der Waals surface area contributed by atoms with Crippen LogP contribution >= 0.6 is 15.6 Å². The lowest BCUT2D eigenvalue weighted by Gasteiger charge is -2.21. The van der Waals surface area contributed by atoms with Crippen molar-refractivity contribution in [2.24, 2.45) is 0 Å². The van der Waals surface area contributed by atoms with Gasteiger partial charge in [0, 0.05) is 19.3 Å². The number of rotatable bonds is 69. The van der Waals surface area contributed by atoms with Gasteiger partial charge in [-0.05, 0) is 148 Å². The predicted molar refractivity (Wildman–Crippen MR) is 408 cm³/mol. The SMILES string of the molecule is CC/C=C\C/C=C\C/C=C\C/C=C\C/C=C\CC(=O)OCC(COP(=O)(O)OCC(O)COP(=O)(O)OCC(COC(=O)CCCCCC/C=C\C/C=C\C/C=C\C/C=C\CC)OC(=O)CCCCCCC/C=C\C/C=C\CCCCC)OC(=O)CCCCCCC/C=C\C/C=C\CCC. The molecule has 0 bridgehead atoms. The summed E-state index contributed by atoms with van der Waals surface area (Å²) >= 11 is 0. The largest absolute Gasteiger partial charge is 0.472 e. The molecule has 17 nitrogen and oxygen atoms in total. The number of aliphatic hydroxyl groups is 1. The Kier molecular flexibility index (Phi) is 68.2. The van der Waals surface area contributed by atoms with Crippen molar-refractivity contribution in [3.8, 4) is 0 Å². The van der Waals surface area contributed by atoms with Crippen molar-refractivity contribution in [2.45, 2.75) is 290 Å². The van der Waals surface area contributed by atoms with Crippen LogP contribution in [0.1, 0.15) is 272 Å². The molecule has 0 spiro atoms. The van der Waals surface area contributed by atoms with Crippen LogP contribution in [0.4, 0.5) is 0 Å². The van der Waals surface area contributed by atoms with E-state index in [4.69, 9.17) is 37.0 Å². The summed E-state index contributed by atoms with van der Waals surface area (Å²) in [6.45, 7) is 4.35. The lowest BCUT2D eigenvalue weighted by atomic mass is 10.1. The van der Waals surface area contributed by atoms with Gasteiger partial charge in [-0.2, -0.15) is 0 Å². The molecule has 0 rings (SSSR count). The van der Waals surface area contributed by atoms with Crippen LogP contribution in [0.3, 0.4) is 0 Å². The monoisotopic (exact) mass is 1440 g/mol. The number of aliphatic hydroxyl groups excluding tert-OH is 1. The molecule has 0 aromatic carbocycles. The van der Waals surface area contributed by atoms with Gasteiger partial charge in [0.2, 0.25) is 0 Å². The summed E-state index contributed by atoms with van der Waals surface area (Å²) in [6, 6.07) is 0. The molecule has 5 atom stereocenters. The van der Waals surface area contributed by atoms with Crippen molar-refractivity contribution in [3.05, 3.63) is 158 Å². The third-order valence-corrected chi connectivity index (χ3v) is 16.9. The first kappa shape index (κ1) is 94.7. The molecular weight excluding hydrogens is 1310 g/mol. The highest BCUT2D eigenvalue weighted by Gasteiger charge is 2.30. The molecule has 100 heavy (non-hydrogen) atoms. The predicted octanol–water partition coefficient (Wildman–Crippen LogP) is 21.7. The van der Waals surface area contributed by atoms with Gasteiger partial charge in [0.1, 0.15) is 19.3 Å². The van der Waals surface area contributed by atoms with E-state index in [1.807, 2.05) is 18.2 Å². The molecule has 0 fully saturated rings. The molecule has 0 radical (unpaired) electrons. The fourth-order valence-electron chi connectivity index (χ4n) is 9.29. The fourth-order valence-corrected chi connectivity index (χ4v) is 10.9. The lowest BCUT2D eigenvalue weighted by molar-refractivity contribution is -0.161. The number of carbonyl (C=O) groups excluding carboxylic acids is 4. The van der Waals surface area contributed by atoms with E-state index in [1.165, 1.54) is 19.3 Å². The van der Waals surface area contributed by atoms with E-state index in [0.717, 1.165) is 173 Å². The first-order chi connectivity index (χ1) is 48.7. The van der Waals surface area contributed by atoms with Crippen molar-refractivity contribution >= 4 is 39.5 Å². The number of phosphoric acid groups is 2. The molecule has 0 aromatic heterocycles. The van der Waals surface area contributed by atoms with Crippen LogP contribution in [-0.2, 0) is 65.4 Å². The minimum absolute atomic E-state index is 0.0535. The summed E-state index contributed by atoms with van der Waals surface area (Å²) in [5.41, 5.74) is 0. The van der Waals surface area contributed by atoms with Crippen LogP contribution in [0.2, 0.25) is 0 Å². The van der Waals surface area contributed by atoms with Crippen LogP contribution in [0, 0.1) is 0 Å². The number of allylic oxidation sites excluding steroid dienone is 25. The van der Waals surface area contributed by atoms with Crippen molar-refractivity contribution < 1.29 is 80.2 Å². The first-order valence-electron chi connectivity index (χ1n) is 37.7. The molecule has 5 unspecified atom stereocenters. The molecule has 568 valence electrons. The van der Waals surface area contributed by atoms with Gasteiger partial charge in [-0.3, -0.25) is 37.3 Å². The van der Waals surface area contributed by atoms with Gasteiger partial charge in [-0.25, -0.2) is 9.13 Å². The van der Waals surface area contributed by atoms with Crippen molar-refractivity contribution in [2.75, 3.05) is 39.6 Å². The van der Waals surface area contributed by atoms with E-state index < -0.39 is 97.5 Å². The number of unbranched alkanes of at least 4 members (excludes halogenated alkanes) is 18. The van der Waals surface area contributed by atoms with E-state index in [-0.39, 0.29) is 25.7 Å². The molecule has 0 amide bonds. The van der Waals surface area contributed by atoms with Gasteiger partial charge in [0.25, 0.3) is 0 Å². The van der Waals surface area contributed by atoms with Crippen molar-refractivity contribution in [1.82, 2.24) is 0 Å². The fraction of sp³-hybridized carbons (Fsp3) is 0.630. The number of esters is 4. The van der Waals surface area contributed by atoms with Crippen LogP contribution < -0.4 is 0 Å². The number of hydrogen-bond acceptors (Lipinski definition) is 15. The summed E-state index contributed by atoms with van der Waals surface area (Å²) in [6.07, 6.45) is 82.7. The first-order valence-corrected chi connectivity index (χ1v) is 40.7. The number of ether oxygens (including phenoxy) is 4. The Morgan fingerprint density at radius 3 is 0.930 bits per heavy atom. The summed E-state index contributed by atoms with van der Waals surface area (Å²) in [7, 11) is -10.0. The molecule has 0 aliphatic carbocycles. The highest BCUT2D eigenvalue weighted by atomic mass is 31.2. The van der Waals surface area contributed by atoms with Gasteiger partial charge >= 0.3 is 39.5 Å². The summed E-state index contributed by atoms with van der Waals surface area (Å²) < 4.78 is 68.3. The lowest BCUT2D eigenvalue weighted by Crippen LogP contribution is -2.30. The second kappa shape index (κ2) is 72.0. The normalized spacial score (nSPS) is 14.8. The van der Waals surface area contributed by atoms with E-state index >= 15 is 0 Å². The van der Waals surface area contributed by atoms with E-state index in [1.54, 1.807) is 6.08 Å². The molecule has 0 aromatic rings. The van der Waals surface area contributed by atoms with Crippen LogP contribution in [-0.4, -0.2) is 96.7 Å². The Hall–Kier alpha value is -5.32. The Balaban J connectivity index is 5.47. The number of hydrogen-bond donors (Lipinski definition) is 3. The molecule has 19 heteroatoms. The zero-order chi connectivity index (χ0) is 73.2. The van der Waals surface area contributed by atoms with Gasteiger partial charge in [-0.1, -0.05) is 256 Å². The smallest absolute Gasteiger partial charge is 0.462 e. The molecule has 0 saturated carbocycles. The number of phosphoric ester groups is 2. The average molecular weight is 1440 g/mol. The maximum atomic E-state index is 13.1. The molecule has 0 heterocycles. The Labute approximate surface area is 604 Å². The van der Waals surface area contributed by atoms with Crippen LogP contribution in [0.25, 0.3) is 0 Å². The summed E-state index contributed by atoms with van der Waals surface area (Å²) in [5.74, 6) is -2.39. The van der Waals surface area contributed by atoms with Crippen molar-refractivity contribution in [3.63, 3.8) is 0 Å². The summed E-state index contributed by atoms with van der Waals surface area (Å²) in [4.78, 5) is 72.8. The Bertz CT molecular complexity index is 2520. The maximum Gasteiger partial charge on any atom is 0.472 e. The standard InChI is InChI=1S/C81H132O17P2/c1-5-9-13-17-21-25-29-33-36-37-40-43-46-50-54-58-62-66-79(84)92-72-77(98-81(86)68-64-60-56-52-48-44-39-35-31-27-23-19-15-11-7-3)74-96-100(89,90)94-70-75(82)69-93-99(87,88)95-73-76(97-80(85)67-63-59-55-51-47-41-32-28-24-20-16-12-8-4)71-91-78(83)65-61-57-53-49-45-42-38-34-30-26-22-18-14-10-6-2/h9-10,13-14,16,20-23,25-28,32-36,38-40,43,45,49,57,61,75-77,82H,5-8,11-12,15,17-19,24,29-31,37,41-42,44,46-48,50-56,58-60,62-74H2,1-4H3,(H,87,88)(H,89,90)/b13-9-,14-10-,20-16-,25-21-,26-22-,27-23-,32-28-,36-33-,38-34-,39-35-,43-40-,49-45-,61-57-. The molecule has 3 N–H and O–H groups in total. The minimum atomic E-state index is -5.00. The van der Waals surface area contributed by atoms with Crippen molar-refractivity contribution in [1.29, 1.82) is 0 Å². The van der Waals surface area contributed by atoms with Crippen LogP contribution in [0.15, 0.2) is 158 Å². The minimum Gasteiger partial charge on any atom is -0.462 e. The van der Waals surface area contributed by atoms with E-state index in [0.29, 0.717) is 25.7 Å². The summed E-state index contributed by atoms with van der Waals surface area (Å²) in [5, 5.41) is 10.6. The maximum absolute atomic E-state index is 13.1. The topological polar surface area (TPSA) is 237 Å². The third kappa shape index (κ3) is 71.1. The van der Waals surface area contributed by atoms with Gasteiger partial charge < -0.3 is 33.8 Å². The second-order valence-corrected chi connectivity index (χ2v) is 27.4.